The second-order valence-corrected chi connectivity index (χ2v) is 4.93. The predicted octanol–water partition coefficient (Wildman–Crippen LogP) is 2.65. The molecule has 1 aliphatic rings. The lowest BCUT2D eigenvalue weighted by Crippen LogP contribution is -2.09. The van der Waals surface area contributed by atoms with Crippen molar-refractivity contribution in [1.29, 1.82) is 0 Å². The van der Waals surface area contributed by atoms with Crippen molar-refractivity contribution in [3.63, 3.8) is 0 Å². The average molecular weight is 260 g/mol. The minimum atomic E-state index is -0.359. The predicted molar refractivity (Wildman–Crippen MR) is 69.1 cm³/mol. The van der Waals surface area contributed by atoms with Crippen LogP contribution in [0.1, 0.15) is 23.1 Å². The highest BCUT2D eigenvalue weighted by molar-refractivity contribution is 7.98. The number of carbonyl (C=O) groups is 1. The minimum Gasteiger partial charge on any atom is -0.461 e. The second-order valence-electron chi connectivity index (χ2n) is 3.91. The molecule has 0 atom stereocenters. The van der Waals surface area contributed by atoms with E-state index in [9.17, 15) is 4.79 Å². The molecule has 92 valence electrons. The molecule has 2 heterocycles. The zero-order valence-electron chi connectivity index (χ0n) is 9.92. The number of aromatic nitrogens is 2. The number of hydrogen-bond donors (Lipinski definition) is 0. The Balaban J connectivity index is 2.04. The van der Waals surface area contributed by atoms with Gasteiger partial charge in [0.2, 0.25) is 0 Å². The molecule has 4 nitrogen and oxygen atoms in total. The average Bonchev–Trinajstić information content (AvgIpc) is 2.83. The summed E-state index contributed by atoms with van der Waals surface area (Å²) in [5, 5.41) is 4.34. The Morgan fingerprint density at radius 2 is 2.33 bits per heavy atom. The Bertz CT molecular complexity index is 607. The quantitative estimate of drug-likeness (QED) is 0.779. The molecular weight excluding hydrogens is 248 g/mol. The van der Waals surface area contributed by atoms with Gasteiger partial charge in [-0.25, -0.2) is 9.48 Å². The van der Waals surface area contributed by atoms with Gasteiger partial charge in [-0.15, -0.1) is 11.8 Å². The second kappa shape index (κ2) is 4.49. The van der Waals surface area contributed by atoms with Crippen molar-refractivity contribution in [2.75, 3.05) is 6.61 Å². The molecule has 0 spiro atoms. The van der Waals surface area contributed by atoms with Gasteiger partial charge in [0.1, 0.15) is 0 Å². The molecule has 0 N–H and O–H groups in total. The lowest BCUT2D eigenvalue weighted by molar-refractivity contribution is 0.0519. The van der Waals surface area contributed by atoms with Crippen LogP contribution in [-0.4, -0.2) is 22.4 Å². The zero-order valence-corrected chi connectivity index (χ0v) is 10.7. The first-order chi connectivity index (χ1) is 8.79. The van der Waals surface area contributed by atoms with Crippen molar-refractivity contribution in [2.24, 2.45) is 0 Å². The van der Waals surface area contributed by atoms with Crippen LogP contribution < -0.4 is 0 Å². The summed E-state index contributed by atoms with van der Waals surface area (Å²) in [5.41, 5.74) is 2.44. The molecule has 1 aromatic heterocycles. The third-order valence-electron chi connectivity index (χ3n) is 2.74. The summed E-state index contributed by atoms with van der Waals surface area (Å²) >= 11 is 1.76. The third kappa shape index (κ3) is 1.80. The number of para-hydroxylation sites is 1. The topological polar surface area (TPSA) is 44.1 Å². The van der Waals surface area contributed by atoms with Gasteiger partial charge in [-0.3, -0.25) is 0 Å². The molecule has 5 heteroatoms. The number of benzene rings is 1. The van der Waals surface area contributed by atoms with Crippen molar-refractivity contribution in [3.05, 3.63) is 41.7 Å². The highest BCUT2D eigenvalue weighted by atomic mass is 32.2. The van der Waals surface area contributed by atoms with E-state index in [2.05, 4.69) is 11.2 Å². The van der Waals surface area contributed by atoms with E-state index in [0.717, 1.165) is 17.1 Å². The van der Waals surface area contributed by atoms with E-state index in [1.54, 1.807) is 24.8 Å². The monoisotopic (exact) mass is 260 g/mol. The van der Waals surface area contributed by atoms with Gasteiger partial charge < -0.3 is 4.74 Å². The molecule has 1 aliphatic heterocycles. The first-order valence-electron chi connectivity index (χ1n) is 5.78. The summed E-state index contributed by atoms with van der Waals surface area (Å²) in [5.74, 6) is 0.463. The fraction of sp³-hybridized carbons (Fsp3) is 0.231. The van der Waals surface area contributed by atoms with Crippen LogP contribution in [0.3, 0.4) is 0 Å². The van der Waals surface area contributed by atoms with Crippen LogP contribution in [0.2, 0.25) is 0 Å². The van der Waals surface area contributed by atoms with Crippen molar-refractivity contribution in [1.82, 2.24) is 9.78 Å². The summed E-state index contributed by atoms with van der Waals surface area (Å²) in [6, 6.07) is 9.86. The SMILES string of the molecule is CCOC(=O)c1cc2n(n1)-c1ccccc1SC2. The van der Waals surface area contributed by atoms with E-state index in [-0.39, 0.29) is 5.97 Å². The number of hydrogen-bond acceptors (Lipinski definition) is 4. The summed E-state index contributed by atoms with van der Waals surface area (Å²) in [6.07, 6.45) is 0. The van der Waals surface area contributed by atoms with Crippen LogP contribution in [0.25, 0.3) is 5.69 Å². The largest absolute Gasteiger partial charge is 0.461 e. The first-order valence-corrected chi connectivity index (χ1v) is 6.76. The number of esters is 1. The highest BCUT2D eigenvalue weighted by Crippen LogP contribution is 2.34. The lowest BCUT2D eigenvalue weighted by atomic mass is 10.3. The van der Waals surface area contributed by atoms with Gasteiger partial charge >= 0.3 is 5.97 Å². The van der Waals surface area contributed by atoms with Crippen molar-refractivity contribution >= 4 is 17.7 Å². The Kier molecular flexibility index (Phi) is 2.83. The maximum atomic E-state index is 11.7. The van der Waals surface area contributed by atoms with Crippen LogP contribution in [0.15, 0.2) is 35.2 Å². The fourth-order valence-electron chi connectivity index (χ4n) is 1.94. The smallest absolute Gasteiger partial charge is 0.358 e. The Hall–Kier alpha value is -1.75. The maximum Gasteiger partial charge on any atom is 0.358 e. The van der Waals surface area contributed by atoms with Gasteiger partial charge in [0, 0.05) is 10.6 Å². The number of ether oxygens (including phenoxy) is 1. The number of thioether (sulfide) groups is 1. The Labute approximate surface area is 109 Å². The molecule has 3 rings (SSSR count). The highest BCUT2D eigenvalue weighted by Gasteiger charge is 2.21. The molecule has 2 aromatic rings. The zero-order chi connectivity index (χ0) is 12.5. The maximum absolute atomic E-state index is 11.7. The Morgan fingerprint density at radius 3 is 3.17 bits per heavy atom. The van der Waals surface area contributed by atoms with E-state index in [1.165, 1.54) is 4.90 Å². The van der Waals surface area contributed by atoms with Crippen LogP contribution in [0.5, 0.6) is 0 Å². The van der Waals surface area contributed by atoms with Gasteiger partial charge in [0.15, 0.2) is 5.69 Å². The molecule has 0 saturated heterocycles. The first kappa shape index (κ1) is 11.3. The minimum absolute atomic E-state index is 0.359. The van der Waals surface area contributed by atoms with Crippen molar-refractivity contribution < 1.29 is 9.53 Å². The van der Waals surface area contributed by atoms with Crippen LogP contribution >= 0.6 is 11.8 Å². The molecule has 18 heavy (non-hydrogen) atoms. The number of nitrogens with zero attached hydrogens (tertiary/aromatic N) is 2. The summed E-state index contributed by atoms with van der Waals surface area (Å²) in [7, 11) is 0. The van der Waals surface area contributed by atoms with Gasteiger partial charge in [0.05, 0.1) is 18.0 Å². The number of carbonyl (C=O) groups excluding carboxylic acids is 1. The number of rotatable bonds is 2. The molecule has 0 radical (unpaired) electrons. The van der Waals surface area contributed by atoms with Crippen molar-refractivity contribution in [3.8, 4) is 5.69 Å². The summed E-state index contributed by atoms with van der Waals surface area (Å²) < 4.78 is 6.80. The molecule has 0 fully saturated rings. The molecule has 0 bridgehead atoms. The molecular formula is C13H12N2O2S. The van der Waals surface area contributed by atoms with Gasteiger partial charge in [0.25, 0.3) is 0 Å². The molecule has 1 aromatic carbocycles. The van der Waals surface area contributed by atoms with Crippen LogP contribution in [0, 0.1) is 0 Å². The fourth-order valence-corrected chi connectivity index (χ4v) is 2.93. The summed E-state index contributed by atoms with van der Waals surface area (Å²) in [4.78, 5) is 12.9. The molecule has 0 amide bonds. The normalized spacial score (nSPS) is 12.7. The van der Waals surface area contributed by atoms with E-state index in [4.69, 9.17) is 4.74 Å². The van der Waals surface area contributed by atoms with Crippen LogP contribution in [0.4, 0.5) is 0 Å². The van der Waals surface area contributed by atoms with Crippen LogP contribution in [-0.2, 0) is 10.5 Å². The molecule has 0 saturated carbocycles. The van der Waals surface area contributed by atoms with E-state index < -0.39 is 0 Å². The van der Waals surface area contributed by atoms with Gasteiger partial charge in [-0.05, 0) is 25.1 Å². The molecule has 0 unspecified atom stereocenters. The molecule has 0 aliphatic carbocycles. The summed E-state index contributed by atoms with van der Waals surface area (Å²) in [6.45, 7) is 2.16. The van der Waals surface area contributed by atoms with Crippen molar-refractivity contribution in [2.45, 2.75) is 17.6 Å². The Morgan fingerprint density at radius 1 is 1.50 bits per heavy atom. The van der Waals surface area contributed by atoms with Gasteiger partial charge in [-0.2, -0.15) is 5.10 Å². The van der Waals surface area contributed by atoms with E-state index >= 15 is 0 Å². The third-order valence-corrected chi connectivity index (χ3v) is 3.83. The number of fused-ring (bicyclic) bond motifs is 3. The van der Waals surface area contributed by atoms with E-state index in [0.29, 0.717) is 12.3 Å². The van der Waals surface area contributed by atoms with Gasteiger partial charge in [-0.1, -0.05) is 12.1 Å². The standard InChI is InChI=1S/C13H12N2O2S/c1-2-17-13(16)10-7-9-8-18-12-6-4-3-5-11(12)15(9)14-10/h3-7H,2,8H2,1H3. The lowest BCUT2D eigenvalue weighted by Gasteiger charge is -2.16. The van der Waals surface area contributed by atoms with E-state index in [1.807, 2.05) is 22.9 Å².